The van der Waals surface area contributed by atoms with Crippen LogP contribution in [-0.2, 0) is 14.3 Å². The summed E-state index contributed by atoms with van der Waals surface area (Å²) in [5.74, 6) is 0.869. The first kappa shape index (κ1) is 16.3. The summed E-state index contributed by atoms with van der Waals surface area (Å²) in [6.07, 6.45) is 4.20. The van der Waals surface area contributed by atoms with E-state index < -0.39 is 0 Å². The number of nitrogens with zero attached hydrogens (tertiary/aromatic N) is 1. The van der Waals surface area contributed by atoms with Crippen LogP contribution in [0.4, 0.5) is 0 Å². The van der Waals surface area contributed by atoms with Crippen molar-refractivity contribution in [2.75, 3.05) is 19.8 Å². The molecule has 0 N–H and O–H groups in total. The maximum atomic E-state index is 6.16. The minimum Gasteiger partial charge on any atom is -0.485 e. The summed E-state index contributed by atoms with van der Waals surface area (Å²) in [5.41, 5.74) is 1.17. The van der Waals surface area contributed by atoms with Crippen LogP contribution >= 0.6 is 0 Å². The van der Waals surface area contributed by atoms with Gasteiger partial charge in [-0.1, -0.05) is 18.6 Å². The molecule has 3 aliphatic rings. The van der Waals surface area contributed by atoms with Crippen molar-refractivity contribution in [1.82, 2.24) is 5.06 Å². The molecule has 3 fully saturated rings. The average Bonchev–Trinajstić information content (AvgIpc) is 3.48. The van der Waals surface area contributed by atoms with E-state index in [9.17, 15) is 0 Å². The van der Waals surface area contributed by atoms with Crippen molar-refractivity contribution < 1.29 is 19.0 Å². The predicted molar refractivity (Wildman–Crippen MR) is 89.9 cm³/mol. The van der Waals surface area contributed by atoms with Gasteiger partial charge in [0.15, 0.2) is 6.10 Å². The molecule has 4 rings (SSSR count). The third kappa shape index (κ3) is 3.91. The first-order valence-electron chi connectivity index (χ1n) is 9.14. The van der Waals surface area contributed by atoms with E-state index in [1.165, 1.54) is 24.8 Å². The van der Waals surface area contributed by atoms with Crippen molar-refractivity contribution in [2.45, 2.75) is 63.6 Å². The van der Waals surface area contributed by atoms with Crippen molar-refractivity contribution >= 4 is 0 Å². The highest BCUT2D eigenvalue weighted by molar-refractivity contribution is 5.29. The van der Waals surface area contributed by atoms with E-state index in [4.69, 9.17) is 19.0 Å². The molecule has 0 amide bonds. The predicted octanol–water partition coefficient (Wildman–Crippen LogP) is 3.10. The van der Waals surface area contributed by atoms with Gasteiger partial charge in [-0.2, -0.15) is 5.06 Å². The van der Waals surface area contributed by atoms with Gasteiger partial charge in [-0.05, 0) is 44.4 Å². The van der Waals surface area contributed by atoms with Gasteiger partial charge >= 0.3 is 0 Å². The molecule has 0 spiro atoms. The van der Waals surface area contributed by atoms with Crippen LogP contribution in [0.5, 0.6) is 5.75 Å². The van der Waals surface area contributed by atoms with Crippen molar-refractivity contribution in [2.24, 2.45) is 0 Å². The highest BCUT2D eigenvalue weighted by Crippen LogP contribution is 2.30. The van der Waals surface area contributed by atoms with Crippen molar-refractivity contribution in [1.29, 1.82) is 0 Å². The molecule has 5 nitrogen and oxygen atoms in total. The number of hydroxylamine groups is 2. The van der Waals surface area contributed by atoms with E-state index in [2.05, 4.69) is 31.0 Å². The van der Waals surface area contributed by atoms with E-state index in [1.807, 2.05) is 12.1 Å². The molecule has 1 aromatic carbocycles. The van der Waals surface area contributed by atoms with Crippen LogP contribution in [0.25, 0.3) is 0 Å². The van der Waals surface area contributed by atoms with Gasteiger partial charge in [-0.25, -0.2) is 0 Å². The van der Waals surface area contributed by atoms with Crippen LogP contribution in [0, 0.1) is 0 Å². The minimum absolute atomic E-state index is 0.0266. The van der Waals surface area contributed by atoms with Crippen molar-refractivity contribution in [3.63, 3.8) is 0 Å². The topological polar surface area (TPSA) is 46.8 Å². The molecule has 0 radical (unpaired) electrons. The first-order valence-corrected chi connectivity index (χ1v) is 9.14. The lowest BCUT2D eigenvalue weighted by atomic mass is 10.1. The third-order valence-electron chi connectivity index (χ3n) is 5.11. The maximum Gasteiger partial charge on any atom is 0.155 e. The van der Waals surface area contributed by atoms with Gasteiger partial charge in [-0.3, -0.25) is 4.84 Å². The van der Waals surface area contributed by atoms with Crippen LogP contribution in [0.1, 0.15) is 44.8 Å². The zero-order valence-electron chi connectivity index (χ0n) is 14.5. The molecule has 3 aliphatic heterocycles. The summed E-state index contributed by atoms with van der Waals surface area (Å²) in [6.45, 7) is 6.93. The van der Waals surface area contributed by atoms with E-state index in [-0.39, 0.29) is 24.4 Å². The van der Waals surface area contributed by atoms with Gasteiger partial charge in [-0.15, -0.1) is 0 Å². The number of ether oxygens (including phenoxy) is 3. The Morgan fingerprint density at radius 1 is 1.08 bits per heavy atom. The Labute approximate surface area is 143 Å². The quantitative estimate of drug-likeness (QED) is 0.718. The van der Waals surface area contributed by atoms with Crippen LogP contribution in [0.15, 0.2) is 24.3 Å². The standard InChI is InChI=1S/C19H27NO4/c1-13-5-3-4-10-20(13)24-14(2)15-6-8-16(9-7-15)23-19(17-11-21-17)18-12-22-18/h6-9,13-14,17-19H,3-5,10-12H2,1-2H3. The molecule has 1 aromatic rings. The van der Waals surface area contributed by atoms with Gasteiger partial charge < -0.3 is 14.2 Å². The summed E-state index contributed by atoms with van der Waals surface area (Å²) in [7, 11) is 0. The smallest absolute Gasteiger partial charge is 0.155 e. The highest BCUT2D eigenvalue weighted by Gasteiger charge is 2.46. The summed E-state index contributed by atoms with van der Waals surface area (Å²) >= 11 is 0. The fourth-order valence-electron chi connectivity index (χ4n) is 3.35. The zero-order valence-corrected chi connectivity index (χ0v) is 14.5. The third-order valence-corrected chi connectivity index (χ3v) is 5.11. The number of epoxide rings is 2. The summed E-state index contributed by atoms with van der Waals surface area (Å²) in [4.78, 5) is 6.16. The van der Waals surface area contributed by atoms with Crippen LogP contribution in [0.2, 0.25) is 0 Å². The Morgan fingerprint density at radius 3 is 2.33 bits per heavy atom. The molecular weight excluding hydrogens is 306 g/mol. The SMILES string of the molecule is CC(ON1CCCCC1C)c1ccc(OC(C2CO2)C2CO2)cc1. The lowest BCUT2D eigenvalue weighted by Crippen LogP contribution is -2.38. The Hall–Kier alpha value is -1.14. The molecule has 5 heteroatoms. The van der Waals surface area contributed by atoms with E-state index in [0.29, 0.717) is 6.04 Å². The molecule has 132 valence electrons. The number of hydrogen-bond donors (Lipinski definition) is 0. The summed E-state index contributed by atoms with van der Waals surface area (Å²) < 4.78 is 16.8. The Morgan fingerprint density at radius 2 is 1.75 bits per heavy atom. The second kappa shape index (κ2) is 7.00. The largest absolute Gasteiger partial charge is 0.485 e. The molecule has 0 bridgehead atoms. The van der Waals surface area contributed by atoms with E-state index in [1.54, 1.807) is 0 Å². The van der Waals surface area contributed by atoms with Gasteiger partial charge in [0.2, 0.25) is 0 Å². The van der Waals surface area contributed by atoms with E-state index in [0.717, 1.165) is 25.5 Å². The molecular formula is C19H27NO4. The molecule has 4 atom stereocenters. The van der Waals surface area contributed by atoms with Crippen molar-refractivity contribution in [3.05, 3.63) is 29.8 Å². The molecule has 3 heterocycles. The Balaban J connectivity index is 1.34. The number of piperidine rings is 1. The number of benzene rings is 1. The van der Waals surface area contributed by atoms with E-state index >= 15 is 0 Å². The average molecular weight is 333 g/mol. The molecule has 3 saturated heterocycles. The highest BCUT2D eigenvalue weighted by atomic mass is 16.7. The molecule has 4 unspecified atom stereocenters. The summed E-state index contributed by atoms with van der Waals surface area (Å²) in [5, 5.41) is 2.14. The lowest BCUT2D eigenvalue weighted by molar-refractivity contribution is -0.225. The Bertz CT molecular complexity index is 529. The molecule has 0 aromatic heterocycles. The van der Waals surface area contributed by atoms with Gasteiger partial charge in [0, 0.05) is 12.6 Å². The van der Waals surface area contributed by atoms with Gasteiger partial charge in [0.05, 0.1) is 13.2 Å². The minimum atomic E-state index is 0.0266. The molecule has 0 aliphatic carbocycles. The summed E-state index contributed by atoms with van der Waals surface area (Å²) in [6, 6.07) is 8.72. The fourth-order valence-corrected chi connectivity index (χ4v) is 3.35. The normalized spacial score (nSPS) is 32.2. The second-order valence-corrected chi connectivity index (χ2v) is 7.13. The molecule has 0 saturated carbocycles. The maximum absolute atomic E-state index is 6.16. The number of rotatable bonds is 7. The molecule has 24 heavy (non-hydrogen) atoms. The Kier molecular flexibility index (Phi) is 4.77. The van der Waals surface area contributed by atoms with Gasteiger partial charge in [0.1, 0.15) is 24.1 Å². The monoisotopic (exact) mass is 333 g/mol. The van der Waals surface area contributed by atoms with Crippen molar-refractivity contribution in [3.8, 4) is 5.75 Å². The lowest BCUT2D eigenvalue weighted by Gasteiger charge is -2.34. The van der Waals surface area contributed by atoms with Crippen LogP contribution < -0.4 is 4.74 Å². The van der Waals surface area contributed by atoms with Gasteiger partial charge in [0.25, 0.3) is 0 Å². The first-order chi connectivity index (χ1) is 11.7. The number of hydrogen-bond acceptors (Lipinski definition) is 5. The van der Waals surface area contributed by atoms with Crippen LogP contribution in [-0.4, -0.2) is 49.2 Å². The fraction of sp³-hybridized carbons (Fsp3) is 0.684. The second-order valence-electron chi connectivity index (χ2n) is 7.13. The zero-order chi connectivity index (χ0) is 16.5. The van der Waals surface area contributed by atoms with Crippen LogP contribution in [0.3, 0.4) is 0 Å².